The minimum absolute atomic E-state index is 0.161. The lowest BCUT2D eigenvalue weighted by Gasteiger charge is -2.64. The molecular formula is C39H80O4Si4. The van der Waals surface area contributed by atoms with Crippen molar-refractivity contribution in [3.8, 4) is 0 Å². The van der Waals surface area contributed by atoms with Gasteiger partial charge >= 0.3 is 0 Å². The average Bonchev–Trinajstić information content (AvgIpc) is 3.20. The highest BCUT2D eigenvalue weighted by atomic mass is 28.4. The highest BCUT2D eigenvalue weighted by molar-refractivity contribution is 6.71. The monoisotopic (exact) mass is 725 g/mol. The van der Waals surface area contributed by atoms with Gasteiger partial charge in [0.1, 0.15) is 0 Å². The molecular weight excluding hydrogens is 645 g/mol. The van der Waals surface area contributed by atoms with Crippen LogP contribution in [0.2, 0.25) is 78.6 Å². The topological polar surface area (TPSA) is 36.9 Å². The summed E-state index contributed by atoms with van der Waals surface area (Å²) in [4.78, 5) is 0. The lowest BCUT2D eigenvalue weighted by Crippen LogP contribution is -2.60. The highest BCUT2D eigenvalue weighted by Crippen LogP contribution is 2.69. The molecule has 4 saturated carbocycles. The summed E-state index contributed by atoms with van der Waals surface area (Å²) in [5.41, 5.74) is 0.610. The van der Waals surface area contributed by atoms with Crippen LogP contribution in [0.5, 0.6) is 0 Å². The molecule has 0 spiro atoms. The zero-order valence-corrected chi connectivity index (χ0v) is 38.4. The van der Waals surface area contributed by atoms with Crippen LogP contribution in [0, 0.1) is 46.3 Å². The van der Waals surface area contributed by atoms with Crippen molar-refractivity contribution < 1.29 is 17.7 Å². The largest absolute Gasteiger partial charge is 0.415 e. The van der Waals surface area contributed by atoms with Crippen molar-refractivity contribution in [1.82, 2.24) is 0 Å². The molecule has 47 heavy (non-hydrogen) atoms. The van der Waals surface area contributed by atoms with Crippen LogP contribution in [0.1, 0.15) is 98.8 Å². The molecule has 276 valence electrons. The van der Waals surface area contributed by atoms with E-state index in [0.717, 1.165) is 36.0 Å². The van der Waals surface area contributed by atoms with Crippen molar-refractivity contribution in [2.24, 2.45) is 46.3 Å². The predicted molar refractivity (Wildman–Crippen MR) is 212 cm³/mol. The highest BCUT2D eigenvalue weighted by Gasteiger charge is 2.63. The van der Waals surface area contributed by atoms with Crippen LogP contribution in [0.3, 0.4) is 0 Å². The van der Waals surface area contributed by atoms with Gasteiger partial charge in [0.2, 0.25) is 0 Å². The summed E-state index contributed by atoms with van der Waals surface area (Å²) < 4.78 is 27.8. The van der Waals surface area contributed by atoms with Gasteiger partial charge in [0.25, 0.3) is 0 Å². The number of rotatable bonds is 13. The molecule has 0 aromatic heterocycles. The van der Waals surface area contributed by atoms with Crippen molar-refractivity contribution in [3.63, 3.8) is 0 Å². The van der Waals surface area contributed by atoms with E-state index in [1.807, 2.05) is 0 Å². The molecule has 0 heterocycles. The first-order chi connectivity index (χ1) is 21.1. The second-order valence-corrected chi connectivity index (χ2v) is 39.8. The zero-order chi connectivity index (χ0) is 35.6. The second-order valence-electron chi connectivity index (χ2n) is 21.9. The van der Waals surface area contributed by atoms with Gasteiger partial charge in [0.15, 0.2) is 33.3 Å². The molecule has 0 aromatic carbocycles. The molecule has 0 aromatic rings. The molecule has 4 nitrogen and oxygen atoms in total. The maximum atomic E-state index is 7.31. The van der Waals surface area contributed by atoms with Crippen LogP contribution in [0.25, 0.3) is 0 Å². The second kappa shape index (κ2) is 13.9. The number of fused-ring (bicyclic) bond motifs is 5. The quantitative estimate of drug-likeness (QED) is 0.177. The molecule has 4 rings (SSSR count). The Morgan fingerprint density at radius 2 is 1.23 bits per heavy atom. The number of hydrogen-bond donors (Lipinski definition) is 0. The minimum Gasteiger partial charge on any atom is -0.415 e. The van der Waals surface area contributed by atoms with Gasteiger partial charge in [-0.2, -0.15) is 0 Å². The van der Waals surface area contributed by atoms with Gasteiger partial charge < -0.3 is 17.7 Å². The van der Waals surface area contributed by atoms with Crippen LogP contribution in [-0.2, 0) is 17.7 Å². The Bertz CT molecular complexity index is 1060. The summed E-state index contributed by atoms with van der Waals surface area (Å²) in [6, 6.07) is 0. The van der Waals surface area contributed by atoms with Gasteiger partial charge in [-0.15, -0.1) is 0 Å². The first kappa shape index (κ1) is 40.5. The summed E-state index contributed by atoms with van der Waals surface area (Å²) in [5.74, 6) is 4.56. The fourth-order valence-electron chi connectivity index (χ4n) is 11.8. The molecule has 1 unspecified atom stereocenters. The van der Waals surface area contributed by atoms with E-state index >= 15 is 0 Å². The third kappa shape index (κ3) is 9.78. The fourth-order valence-corrected chi connectivity index (χ4v) is 17.1. The normalized spacial score (nSPS) is 38.4. The van der Waals surface area contributed by atoms with Crippen molar-refractivity contribution >= 4 is 33.3 Å². The summed E-state index contributed by atoms with van der Waals surface area (Å²) >= 11 is 0. The van der Waals surface area contributed by atoms with E-state index in [0.29, 0.717) is 29.0 Å². The van der Waals surface area contributed by atoms with E-state index in [-0.39, 0.29) is 11.7 Å². The van der Waals surface area contributed by atoms with Gasteiger partial charge in [-0.3, -0.25) is 0 Å². The van der Waals surface area contributed by atoms with E-state index in [4.69, 9.17) is 17.7 Å². The first-order valence-electron chi connectivity index (χ1n) is 19.9. The van der Waals surface area contributed by atoms with Gasteiger partial charge in [-0.1, -0.05) is 20.8 Å². The van der Waals surface area contributed by atoms with Gasteiger partial charge in [0, 0.05) is 12.2 Å². The van der Waals surface area contributed by atoms with Crippen LogP contribution in [-0.4, -0.2) is 57.2 Å². The fraction of sp³-hybridized carbons (Fsp3) is 1.00. The Morgan fingerprint density at radius 3 is 1.79 bits per heavy atom. The summed E-state index contributed by atoms with van der Waals surface area (Å²) in [7, 11) is -6.65. The van der Waals surface area contributed by atoms with E-state index < -0.39 is 33.3 Å². The molecule has 0 N–H and O–H groups in total. The van der Waals surface area contributed by atoms with Crippen molar-refractivity contribution in [2.45, 2.75) is 201 Å². The smallest absolute Gasteiger partial charge is 0.184 e. The van der Waals surface area contributed by atoms with Crippen LogP contribution in [0.4, 0.5) is 0 Å². The lowest BCUT2D eigenvalue weighted by atomic mass is 9.43. The Morgan fingerprint density at radius 1 is 0.660 bits per heavy atom. The standard InChI is InChI=1S/C39H80O4Si4/c1-28(18-21-35(42-46(12,13)14)37(2,3)43-47(15,16)17)31-19-20-32-36-33(23-25-39(31,32)5)38(4)24-22-30(40-44(6,7)8)26-29(38)27-34(36)41-45(9,10)11/h28-36H,18-27H2,1-17H3/t28?,29-,30-,31-,32+,33+,34-,35-,36+,38+,39-/m1/s1. The maximum absolute atomic E-state index is 7.31. The molecule has 0 radical (unpaired) electrons. The van der Waals surface area contributed by atoms with Crippen LogP contribution in [0.15, 0.2) is 0 Å². The van der Waals surface area contributed by atoms with E-state index in [1.54, 1.807) is 0 Å². The molecule has 0 bridgehead atoms. The lowest BCUT2D eigenvalue weighted by molar-refractivity contribution is -0.168. The third-order valence-corrected chi connectivity index (χ3v) is 17.3. The van der Waals surface area contributed by atoms with Gasteiger partial charge in [-0.25, -0.2) is 0 Å². The molecule has 4 aliphatic carbocycles. The summed E-state index contributed by atoms with van der Waals surface area (Å²) in [6.07, 6.45) is 14.1. The molecule has 8 heteroatoms. The molecule has 0 amide bonds. The molecule has 0 aliphatic heterocycles. The number of hydrogen-bond acceptors (Lipinski definition) is 4. The van der Waals surface area contributed by atoms with Crippen LogP contribution < -0.4 is 0 Å². The van der Waals surface area contributed by atoms with E-state index in [1.165, 1.54) is 57.8 Å². The average molecular weight is 725 g/mol. The van der Waals surface area contributed by atoms with Crippen molar-refractivity contribution in [3.05, 3.63) is 0 Å². The van der Waals surface area contributed by atoms with Crippen molar-refractivity contribution in [1.29, 1.82) is 0 Å². The summed E-state index contributed by atoms with van der Waals surface area (Å²) in [5, 5.41) is 0. The predicted octanol–water partition coefficient (Wildman–Crippen LogP) is 12.0. The molecule has 4 fully saturated rings. The van der Waals surface area contributed by atoms with Crippen molar-refractivity contribution in [2.75, 3.05) is 0 Å². The van der Waals surface area contributed by atoms with Crippen LogP contribution >= 0.6 is 0 Å². The Kier molecular flexibility index (Phi) is 12.0. The maximum Gasteiger partial charge on any atom is 0.184 e. The zero-order valence-electron chi connectivity index (χ0n) is 34.4. The van der Waals surface area contributed by atoms with E-state index in [2.05, 4.69) is 113 Å². The third-order valence-electron chi connectivity index (χ3n) is 13.1. The summed E-state index contributed by atoms with van der Waals surface area (Å²) in [6.45, 7) is 41.0. The Balaban J connectivity index is 1.55. The molecule has 4 aliphatic rings. The van der Waals surface area contributed by atoms with Gasteiger partial charge in [-0.05, 0) is 203 Å². The SMILES string of the molecule is CC(CC[C@@H](O[Si](C)(C)C)C(C)(C)O[Si](C)(C)C)[C@H]1CC[C@H]2[C@@H]3[C@H](O[Si](C)(C)C)C[C@H]4C[C@H](O[Si](C)(C)C)CC[C@]4(C)[C@H]3CC[C@]12C. The molecule has 11 atom stereocenters. The first-order valence-corrected chi connectivity index (χ1v) is 33.5. The molecule has 0 saturated heterocycles. The Labute approximate surface area is 297 Å². The van der Waals surface area contributed by atoms with E-state index in [9.17, 15) is 0 Å². The van der Waals surface area contributed by atoms with Gasteiger partial charge in [0.05, 0.1) is 11.7 Å². The Hall–Kier alpha value is 0.708. The minimum atomic E-state index is -1.72.